The molecular formula is C13H17F2N3O. The Morgan fingerprint density at radius 2 is 1.89 bits per heavy atom. The van der Waals surface area contributed by atoms with Crippen LogP contribution in [0.5, 0.6) is 0 Å². The second kappa shape index (κ2) is 6.08. The van der Waals surface area contributed by atoms with Crippen LogP contribution in [0.15, 0.2) is 18.2 Å². The standard InChI is InChI=1S/C13H17F2N3O/c14-10-6-9(7-11(15)8-10)12(13(16)19)18-4-1-2-17-3-5-18/h6-8,12,17H,1-5H2,(H2,16,19). The molecule has 1 heterocycles. The van der Waals surface area contributed by atoms with Crippen LogP contribution >= 0.6 is 0 Å². The van der Waals surface area contributed by atoms with Crippen molar-refractivity contribution in [1.82, 2.24) is 10.2 Å². The molecule has 1 aliphatic heterocycles. The molecule has 0 aromatic heterocycles. The summed E-state index contributed by atoms with van der Waals surface area (Å²) >= 11 is 0. The molecule has 1 amide bonds. The number of nitrogens with zero attached hydrogens (tertiary/aromatic N) is 1. The maximum atomic E-state index is 13.3. The quantitative estimate of drug-likeness (QED) is 0.853. The zero-order chi connectivity index (χ0) is 13.8. The number of benzene rings is 1. The molecule has 1 atom stereocenters. The van der Waals surface area contributed by atoms with Gasteiger partial charge in [0, 0.05) is 25.7 Å². The van der Waals surface area contributed by atoms with Crippen LogP contribution in [-0.4, -0.2) is 37.0 Å². The van der Waals surface area contributed by atoms with E-state index in [9.17, 15) is 13.6 Å². The topological polar surface area (TPSA) is 58.4 Å². The summed E-state index contributed by atoms with van der Waals surface area (Å²) in [7, 11) is 0. The van der Waals surface area contributed by atoms with E-state index < -0.39 is 23.6 Å². The third-order valence-electron chi connectivity index (χ3n) is 3.21. The Hall–Kier alpha value is -1.53. The van der Waals surface area contributed by atoms with E-state index in [1.54, 1.807) is 0 Å². The lowest BCUT2D eigenvalue weighted by molar-refractivity contribution is -0.123. The van der Waals surface area contributed by atoms with Gasteiger partial charge in [-0.15, -0.1) is 0 Å². The molecule has 1 unspecified atom stereocenters. The lowest BCUT2D eigenvalue weighted by Gasteiger charge is -2.28. The first kappa shape index (κ1) is 13.9. The minimum Gasteiger partial charge on any atom is -0.368 e. The molecule has 4 nitrogen and oxygen atoms in total. The molecule has 1 aromatic carbocycles. The van der Waals surface area contributed by atoms with Gasteiger partial charge < -0.3 is 11.1 Å². The smallest absolute Gasteiger partial charge is 0.239 e. The van der Waals surface area contributed by atoms with E-state index in [-0.39, 0.29) is 5.56 Å². The fourth-order valence-corrected chi connectivity index (χ4v) is 2.41. The van der Waals surface area contributed by atoms with Gasteiger partial charge in [-0.2, -0.15) is 0 Å². The van der Waals surface area contributed by atoms with Crippen LogP contribution in [0, 0.1) is 11.6 Å². The first-order valence-corrected chi connectivity index (χ1v) is 6.28. The average Bonchev–Trinajstić information content (AvgIpc) is 2.56. The van der Waals surface area contributed by atoms with Gasteiger partial charge in [-0.05, 0) is 30.7 Å². The number of hydrogen-bond donors (Lipinski definition) is 2. The zero-order valence-electron chi connectivity index (χ0n) is 10.5. The maximum absolute atomic E-state index is 13.3. The van der Waals surface area contributed by atoms with Crippen molar-refractivity contribution in [2.24, 2.45) is 5.73 Å². The number of primary amides is 1. The van der Waals surface area contributed by atoms with E-state index in [1.165, 1.54) is 0 Å². The number of rotatable bonds is 3. The third kappa shape index (κ3) is 3.48. The first-order chi connectivity index (χ1) is 9.08. The number of carbonyl (C=O) groups excluding carboxylic acids is 1. The second-order valence-corrected chi connectivity index (χ2v) is 4.65. The molecule has 1 aliphatic rings. The van der Waals surface area contributed by atoms with E-state index >= 15 is 0 Å². The summed E-state index contributed by atoms with van der Waals surface area (Å²) < 4.78 is 26.6. The summed E-state index contributed by atoms with van der Waals surface area (Å²) in [4.78, 5) is 13.5. The van der Waals surface area contributed by atoms with Crippen LogP contribution in [0.2, 0.25) is 0 Å². The van der Waals surface area contributed by atoms with Gasteiger partial charge in [-0.25, -0.2) is 8.78 Å². The van der Waals surface area contributed by atoms with Crippen molar-refractivity contribution in [2.45, 2.75) is 12.5 Å². The number of hydrogen-bond acceptors (Lipinski definition) is 3. The van der Waals surface area contributed by atoms with Crippen LogP contribution in [0.1, 0.15) is 18.0 Å². The summed E-state index contributed by atoms with van der Waals surface area (Å²) in [5.74, 6) is -1.99. The van der Waals surface area contributed by atoms with Crippen molar-refractivity contribution in [3.05, 3.63) is 35.4 Å². The summed E-state index contributed by atoms with van der Waals surface area (Å²) in [5, 5.41) is 3.20. The van der Waals surface area contributed by atoms with Gasteiger partial charge in [0.15, 0.2) is 0 Å². The fourth-order valence-electron chi connectivity index (χ4n) is 2.41. The van der Waals surface area contributed by atoms with Crippen LogP contribution in [0.3, 0.4) is 0 Å². The Bertz CT molecular complexity index is 439. The van der Waals surface area contributed by atoms with Gasteiger partial charge in [0.25, 0.3) is 0 Å². The van der Waals surface area contributed by atoms with Crippen LogP contribution < -0.4 is 11.1 Å². The van der Waals surface area contributed by atoms with E-state index in [4.69, 9.17) is 5.73 Å². The highest BCUT2D eigenvalue weighted by atomic mass is 19.1. The molecule has 19 heavy (non-hydrogen) atoms. The van der Waals surface area contributed by atoms with E-state index in [0.717, 1.165) is 37.7 Å². The number of amides is 1. The van der Waals surface area contributed by atoms with Crippen molar-refractivity contribution in [1.29, 1.82) is 0 Å². The van der Waals surface area contributed by atoms with Crippen molar-refractivity contribution in [2.75, 3.05) is 26.2 Å². The summed E-state index contributed by atoms with van der Waals surface area (Å²) in [6, 6.07) is 2.32. The largest absolute Gasteiger partial charge is 0.368 e. The minimum absolute atomic E-state index is 0.270. The maximum Gasteiger partial charge on any atom is 0.239 e. The SMILES string of the molecule is NC(=O)C(c1cc(F)cc(F)c1)N1CCCNCC1. The van der Waals surface area contributed by atoms with Crippen molar-refractivity contribution < 1.29 is 13.6 Å². The highest BCUT2D eigenvalue weighted by Gasteiger charge is 2.27. The Balaban J connectivity index is 2.30. The molecule has 0 bridgehead atoms. The molecular weight excluding hydrogens is 252 g/mol. The van der Waals surface area contributed by atoms with Crippen LogP contribution in [-0.2, 0) is 4.79 Å². The first-order valence-electron chi connectivity index (χ1n) is 6.28. The molecule has 104 valence electrons. The molecule has 0 saturated carbocycles. The number of halogens is 2. The Morgan fingerprint density at radius 1 is 1.21 bits per heavy atom. The van der Waals surface area contributed by atoms with Gasteiger partial charge in [0.1, 0.15) is 17.7 Å². The van der Waals surface area contributed by atoms with E-state index in [1.807, 2.05) is 4.90 Å². The summed E-state index contributed by atoms with van der Waals surface area (Å²) in [6.45, 7) is 2.87. The number of carbonyl (C=O) groups is 1. The molecule has 1 aromatic rings. The van der Waals surface area contributed by atoms with Crippen molar-refractivity contribution >= 4 is 5.91 Å². The average molecular weight is 269 g/mol. The Labute approximate surface area is 110 Å². The molecule has 1 saturated heterocycles. The zero-order valence-corrected chi connectivity index (χ0v) is 10.5. The Morgan fingerprint density at radius 3 is 2.53 bits per heavy atom. The monoisotopic (exact) mass is 269 g/mol. The van der Waals surface area contributed by atoms with E-state index in [0.29, 0.717) is 13.1 Å². The van der Waals surface area contributed by atoms with Gasteiger partial charge in [0.05, 0.1) is 0 Å². The Kier molecular flexibility index (Phi) is 4.44. The van der Waals surface area contributed by atoms with E-state index in [2.05, 4.69) is 5.32 Å². The fraction of sp³-hybridized carbons (Fsp3) is 0.462. The highest BCUT2D eigenvalue weighted by molar-refractivity contribution is 5.81. The molecule has 2 rings (SSSR count). The molecule has 0 radical (unpaired) electrons. The highest BCUT2D eigenvalue weighted by Crippen LogP contribution is 2.23. The molecule has 3 N–H and O–H groups in total. The number of nitrogens with one attached hydrogen (secondary N) is 1. The lowest BCUT2D eigenvalue weighted by atomic mass is 10.0. The normalized spacial score (nSPS) is 18.8. The predicted octanol–water partition coefficient (Wildman–Crippen LogP) is 0.786. The number of nitrogens with two attached hydrogens (primary N) is 1. The van der Waals surface area contributed by atoms with Crippen molar-refractivity contribution in [3.8, 4) is 0 Å². The minimum atomic E-state index is -0.787. The predicted molar refractivity (Wildman–Crippen MR) is 67.4 cm³/mol. The second-order valence-electron chi connectivity index (χ2n) is 4.65. The van der Waals surface area contributed by atoms with Crippen LogP contribution in [0.4, 0.5) is 8.78 Å². The molecule has 0 spiro atoms. The summed E-state index contributed by atoms with van der Waals surface area (Å²) in [5.41, 5.74) is 5.68. The third-order valence-corrected chi connectivity index (χ3v) is 3.21. The van der Waals surface area contributed by atoms with Gasteiger partial charge >= 0.3 is 0 Å². The summed E-state index contributed by atoms with van der Waals surface area (Å²) in [6.07, 6.45) is 0.863. The molecule has 6 heteroatoms. The van der Waals surface area contributed by atoms with Gasteiger partial charge in [-0.1, -0.05) is 0 Å². The lowest BCUT2D eigenvalue weighted by Crippen LogP contribution is -2.39. The molecule has 1 fully saturated rings. The van der Waals surface area contributed by atoms with Crippen LogP contribution in [0.25, 0.3) is 0 Å². The molecule has 0 aliphatic carbocycles. The van der Waals surface area contributed by atoms with Gasteiger partial charge in [0.2, 0.25) is 5.91 Å². The van der Waals surface area contributed by atoms with Gasteiger partial charge in [-0.3, -0.25) is 9.69 Å². The van der Waals surface area contributed by atoms with Crippen molar-refractivity contribution in [3.63, 3.8) is 0 Å².